The van der Waals surface area contributed by atoms with Gasteiger partial charge < -0.3 is 29.2 Å². The van der Waals surface area contributed by atoms with Gasteiger partial charge in [-0.25, -0.2) is 0 Å². The summed E-state index contributed by atoms with van der Waals surface area (Å²) in [5, 5.41) is 19.6. The number of benzene rings is 1. The van der Waals surface area contributed by atoms with E-state index in [1.54, 1.807) is 19.9 Å². The van der Waals surface area contributed by atoms with Gasteiger partial charge in [0.05, 0.1) is 13.2 Å². The molecule has 0 aliphatic carbocycles. The van der Waals surface area contributed by atoms with Crippen LogP contribution in [0, 0.1) is 0 Å². The Morgan fingerprint density at radius 2 is 2.00 bits per heavy atom. The monoisotopic (exact) mass is 336 g/mol. The highest BCUT2D eigenvalue weighted by atomic mass is 16.8. The molecule has 0 amide bonds. The molecule has 0 aromatic heterocycles. The first-order chi connectivity index (χ1) is 11.4. The molecular weight excluding hydrogens is 312 g/mol. The average molecular weight is 336 g/mol. The molecule has 0 saturated carbocycles. The van der Waals surface area contributed by atoms with Crippen molar-refractivity contribution in [2.45, 2.75) is 56.4 Å². The summed E-state index contributed by atoms with van der Waals surface area (Å²) >= 11 is 0. The number of hydrogen-bond acceptors (Lipinski definition) is 6. The number of fused-ring (bicyclic) bond motifs is 1. The Kier molecular flexibility index (Phi) is 4.79. The molecule has 5 atom stereocenters. The highest BCUT2D eigenvalue weighted by Gasteiger charge is 2.64. The molecule has 2 unspecified atom stereocenters. The predicted molar refractivity (Wildman–Crippen MR) is 85.9 cm³/mol. The Balaban J connectivity index is 1.88. The summed E-state index contributed by atoms with van der Waals surface area (Å²) in [7, 11) is 0. The number of aliphatic hydroxyl groups is 2. The first-order valence-corrected chi connectivity index (χ1v) is 8.03. The topological polar surface area (TPSA) is 77.4 Å². The van der Waals surface area contributed by atoms with Gasteiger partial charge in [-0.05, 0) is 19.4 Å². The molecule has 6 heteroatoms. The van der Waals surface area contributed by atoms with Crippen molar-refractivity contribution in [3.8, 4) is 0 Å². The largest absolute Gasteiger partial charge is 0.394 e. The van der Waals surface area contributed by atoms with Crippen LogP contribution < -0.4 is 0 Å². The maximum Gasteiger partial charge on any atom is 0.191 e. The first kappa shape index (κ1) is 17.5. The molecule has 2 aliphatic rings. The third-order valence-electron chi connectivity index (χ3n) is 4.42. The summed E-state index contributed by atoms with van der Waals surface area (Å²) < 4.78 is 23.7. The second kappa shape index (κ2) is 6.55. The second-order valence-electron chi connectivity index (χ2n) is 6.56. The van der Waals surface area contributed by atoms with Gasteiger partial charge >= 0.3 is 0 Å². The lowest BCUT2D eigenvalue weighted by molar-refractivity contribution is -0.244. The molecule has 0 spiro atoms. The summed E-state index contributed by atoms with van der Waals surface area (Å²) in [4.78, 5) is 0. The Hall–Kier alpha value is -1.28. The van der Waals surface area contributed by atoms with Gasteiger partial charge in [-0.2, -0.15) is 0 Å². The second-order valence-corrected chi connectivity index (χ2v) is 6.56. The van der Waals surface area contributed by atoms with E-state index in [0.29, 0.717) is 0 Å². The van der Waals surface area contributed by atoms with Crippen LogP contribution in [0.25, 0.3) is 0 Å². The molecule has 132 valence electrons. The van der Waals surface area contributed by atoms with Crippen molar-refractivity contribution in [1.82, 2.24) is 0 Å². The molecular formula is C18H24O6. The van der Waals surface area contributed by atoms with Crippen LogP contribution in [0.2, 0.25) is 0 Å². The Morgan fingerprint density at radius 3 is 2.62 bits per heavy atom. The fraction of sp³-hybridized carbons (Fsp3) is 0.556. The van der Waals surface area contributed by atoms with Gasteiger partial charge in [-0.1, -0.05) is 36.4 Å². The van der Waals surface area contributed by atoms with Crippen LogP contribution in [-0.4, -0.2) is 52.8 Å². The maximum absolute atomic E-state index is 10.2. The van der Waals surface area contributed by atoms with Crippen molar-refractivity contribution >= 4 is 0 Å². The molecule has 2 aliphatic heterocycles. The fourth-order valence-corrected chi connectivity index (χ4v) is 3.27. The summed E-state index contributed by atoms with van der Waals surface area (Å²) in [6.45, 7) is 7.28. The zero-order chi connectivity index (χ0) is 17.4. The van der Waals surface area contributed by atoms with Crippen molar-refractivity contribution < 1.29 is 29.2 Å². The Labute approximate surface area is 141 Å². The lowest BCUT2D eigenvalue weighted by Gasteiger charge is -2.37. The molecule has 1 aromatic rings. The molecule has 0 bridgehead atoms. The molecule has 2 N–H and O–H groups in total. The van der Waals surface area contributed by atoms with Crippen LogP contribution in [0.5, 0.6) is 0 Å². The van der Waals surface area contributed by atoms with Crippen LogP contribution in [-0.2, 0) is 25.6 Å². The van der Waals surface area contributed by atoms with Crippen LogP contribution in [0.1, 0.15) is 19.4 Å². The van der Waals surface area contributed by atoms with Crippen molar-refractivity contribution in [3.05, 3.63) is 48.6 Å². The van der Waals surface area contributed by atoms with Crippen LogP contribution in [0.3, 0.4) is 0 Å². The van der Waals surface area contributed by atoms with Crippen molar-refractivity contribution in [2.24, 2.45) is 0 Å². The van der Waals surface area contributed by atoms with E-state index >= 15 is 0 Å². The quantitative estimate of drug-likeness (QED) is 0.764. The first-order valence-electron chi connectivity index (χ1n) is 8.03. The zero-order valence-corrected chi connectivity index (χ0v) is 13.9. The molecule has 1 aromatic carbocycles. The number of aliphatic hydroxyl groups excluding tert-OH is 2. The minimum atomic E-state index is -1.14. The molecule has 6 nitrogen and oxygen atoms in total. The minimum Gasteiger partial charge on any atom is -0.394 e. The van der Waals surface area contributed by atoms with Gasteiger partial charge in [0, 0.05) is 0 Å². The highest BCUT2D eigenvalue weighted by molar-refractivity contribution is 5.19. The molecule has 2 fully saturated rings. The van der Waals surface area contributed by atoms with E-state index in [4.69, 9.17) is 18.9 Å². The minimum absolute atomic E-state index is 0.290. The summed E-state index contributed by atoms with van der Waals surface area (Å²) in [5.74, 6) is -0.825. The van der Waals surface area contributed by atoms with E-state index in [9.17, 15) is 10.2 Å². The Morgan fingerprint density at radius 1 is 1.29 bits per heavy atom. The standard InChI is InChI=1S/C18H24O6/c1-4-18(21-11-12-8-6-5-7-9-12)14(13(20)10-19)22-16-15(18)23-17(2,3)24-16/h4-9,13-16,19-20H,1,10-11H2,2-3H3/t13?,14?,15-,16+,18+/m0/s1. The normalized spacial score (nSPS) is 35.6. The zero-order valence-electron chi connectivity index (χ0n) is 13.9. The molecule has 2 heterocycles. The van der Waals surface area contributed by atoms with E-state index in [0.717, 1.165) is 5.56 Å². The van der Waals surface area contributed by atoms with Gasteiger partial charge in [0.1, 0.15) is 23.9 Å². The van der Waals surface area contributed by atoms with E-state index < -0.39 is 42.6 Å². The van der Waals surface area contributed by atoms with E-state index in [2.05, 4.69) is 6.58 Å². The number of ether oxygens (including phenoxy) is 4. The maximum atomic E-state index is 10.2. The van der Waals surface area contributed by atoms with E-state index in [1.807, 2.05) is 30.3 Å². The number of rotatable bonds is 6. The summed E-state index contributed by atoms with van der Waals surface area (Å²) in [6, 6.07) is 9.66. The van der Waals surface area contributed by atoms with Crippen LogP contribution in [0.4, 0.5) is 0 Å². The summed E-state index contributed by atoms with van der Waals surface area (Å²) in [5.41, 5.74) is -0.159. The molecule has 3 rings (SSSR count). The highest BCUT2D eigenvalue weighted by Crippen LogP contribution is 2.46. The van der Waals surface area contributed by atoms with E-state index in [-0.39, 0.29) is 6.61 Å². The van der Waals surface area contributed by atoms with E-state index in [1.165, 1.54) is 0 Å². The molecule has 2 saturated heterocycles. The molecule has 0 radical (unpaired) electrons. The lowest BCUT2D eigenvalue weighted by Crippen LogP contribution is -2.54. The van der Waals surface area contributed by atoms with Crippen molar-refractivity contribution in [2.75, 3.05) is 6.61 Å². The fourth-order valence-electron chi connectivity index (χ4n) is 3.27. The van der Waals surface area contributed by atoms with Gasteiger partial charge in [0.2, 0.25) is 0 Å². The van der Waals surface area contributed by atoms with Crippen molar-refractivity contribution in [3.63, 3.8) is 0 Å². The number of hydrogen-bond donors (Lipinski definition) is 2. The van der Waals surface area contributed by atoms with Crippen molar-refractivity contribution in [1.29, 1.82) is 0 Å². The summed E-state index contributed by atoms with van der Waals surface area (Å²) in [6.07, 6.45) is -1.68. The van der Waals surface area contributed by atoms with Gasteiger partial charge in [-0.15, -0.1) is 6.58 Å². The third-order valence-corrected chi connectivity index (χ3v) is 4.42. The molecule has 24 heavy (non-hydrogen) atoms. The Bertz CT molecular complexity index is 574. The lowest BCUT2D eigenvalue weighted by atomic mass is 9.89. The van der Waals surface area contributed by atoms with Crippen LogP contribution in [0.15, 0.2) is 43.0 Å². The van der Waals surface area contributed by atoms with Gasteiger partial charge in [-0.3, -0.25) is 0 Å². The third kappa shape index (κ3) is 3.01. The SMILES string of the molecule is C=C[C@@]1(OCc2ccccc2)C(C(O)CO)O[C@@H]2OC(C)(C)O[C@@H]21. The average Bonchev–Trinajstić information content (AvgIpc) is 3.04. The smallest absolute Gasteiger partial charge is 0.191 e. The van der Waals surface area contributed by atoms with Gasteiger partial charge in [0.25, 0.3) is 0 Å². The predicted octanol–water partition coefficient (Wildman–Crippen LogP) is 1.36. The van der Waals surface area contributed by atoms with Gasteiger partial charge in [0.15, 0.2) is 12.1 Å². The van der Waals surface area contributed by atoms with Crippen LogP contribution >= 0.6 is 0 Å².